The molecule has 1 atom stereocenters. The number of amides is 1. The number of halogens is 5. The number of rotatable bonds is 11. The van der Waals surface area contributed by atoms with Gasteiger partial charge in [0.1, 0.15) is 11.4 Å². The van der Waals surface area contributed by atoms with Gasteiger partial charge in [-0.05, 0) is 68.8 Å². The lowest BCUT2D eigenvalue weighted by Crippen LogP contribution is -2.44. The quantitative estimate of drug-likeness (QED) is 0.132. The Balaban J connectivity index is 0.000000252. The summed E-state index contributed by atoms with van der Waals surface area (Å²) >= 11 is 0. The van der Waals surface area contributed by atoms with Crippen LogP contribution in [0.15, 0.2) is 49.1 Å². The van der Waals surface area contributed by atoms with Crippen LogP contribution in [0.1, 0.15) is 57.6 Å². The average molecular weight is 849 g/mol. The lowest BCUT2D eigenvalue weighted by molar-refractivity contribution is 0.174. The molecule has 4 aromatic rings. The molecule has 2 aliphatic heterocycles. The SMILES string of the molecule is CC(C)(C)C(Cc1cn(S(=O)(=O)N2CCCC2)c(-c2cccnc2F)c1F)NC(=O)O.CNCc1cn(S(=O)(=O)N2CCCC2)c(-c2cccnc2F)c1F.Cl. The van der Waals surface area contributed by atoms with Crippen molar-refractivity contribution in [3.8, 4) is 22.5 Å². The van der Waals surface area contributed by atoms with Crippen LogP contribution in [0.3, 0.4) is 0 Å². The molecular weight excluding hydrogens is 804 g/mol. The summed E-state index contributed by atoms with van der Waals surface area (Å²) < 4.78 is 115. The molecule has 21 heteroatoms. The van der Waals surface area contributed by atoms with Crippen molar-refractivity contribution in [2.24, 2.45) is 5.41 Å². The van der Waals surface area contributed by atoms with E-state index in [-0.39, 0.29) is 66.4 Å². The molecule has 2 fully saturated rings. The predicted molar refractivity (Wildman–Crippen MR) is 204 cm³/mol. The third-order valence-electron chi connectivity index (χ3n) is 9.41. The average Bonchev–Trinajstić information content (AvgIpc) is 3.95. The lowest BCUT2D eigenvalue weighted by Gasteiger charge is -2.30. The second-order valence-electron chi connectivity index (χ2n) is 14.2. The predicted octanol–water partition coefficient (Wildman–Crippen LogP) is 5.40. The molecule has 3 N–H and O–H groups in total. The number of hydrogen-bond donors (Lipinski definition) is 3. The van der Waals surface area contributed by atoms with Crippen molar-refractivity contribution in [2.75, 3.05) is 33.2 Å². The highest BCUT2D eigenvalue weighted by Gasteiger charge is 2.36. The fourth-order valence-electron chi connectivity index (χ4n) is 6.47. The Labute approximate surface area is 329 Å². The van der Waals surface area contributed by atoms with Gasteiger partial charge in [0.2, 0.25) is 11.9 Å². The number of nitrogens with zero attached hydrogens (tertiary/aromatic N) is 6. The fourth-order valence-corrected chi connectivity index (χ4v) is 9.75. The minimum Gasteiger partial charge on any atom is -0.465 e. The molecule has 0 aromatic carbocycles. The molecule has 14 nitrogen and oxygen atoms in total. The second kappa shape index (κ2) is 18.0. The van der Waals surface area contributed by atoms with Gasteiger partial charge in [-0.15, -0.1) is 12.4 Å². The maximum absolute atomic E-state index is 15.6. The first kappa shape index (κ1) is 44.6. The normalized spacial score (nSPS) is 15.9. The first-order valence-electron chi connectivity index (χ1n) is 17.6. The van der Waals surface area contributed by atoms with Crippen molar-refractivity contribution < 1.29 is 44.3 Å². The van der Waals surface area contributed by atoms with E-state index in [1.807, 2.05) is 0 Å². The third-order valence-corrected chi connectivity index (χ3v) is 13.0. The van der Waals surface area contributed by atoms with Crippen LogP contribution in [-0.4, -0.2) is 93.8 Å². The molecule has 2 saturated heterocycles. The summed E-state index contributed by atoms with van der Waals surface area (Å²) in [6.07, 6.45) is 6.23. The molecule has 0 bridgehead atoms. The van der Waals surface area contributed by atoms with E-state index in [0.29, 0.717) is 25.9 Å². The molecule has 0 saturated carbocycles. The molecule has 6 heterocycles. The summed E-state index contributed by atoms with van der Waals surface area (Å²) in [7, 11) is -6.50. The zero-order valence-corrected chi connectivity index (χ0v) is 33.6. The highest BCUT2D eigenvalue weighted by molar-refractivity contribution is 7.88. The number of pyridine rings is 2. The van der Waals surface area contributed by atoms with Gasteiger partial charge in [-0.25, -0.2) is 31.5 Å². The fraction of sp³-hybridized carbons (Fsp3) is 0.457. The first-order chi connectivity index (χ1) is 25.9. The van der Waals surface area contributed by atoms with Crippen molar-refractivity contribution in [3.63, 3.8) is 0 Å². The van der Waals surface area contributed by atoms with Gasteiger partial charge in [0.15, 0.2) is 11.6 Å². The molecule has 308 valence electrons. The standard InChI is InChI=1S/C20H26F2N4O4S.C15H18F2N4O2S.ClH/c1-20(2,3)15(24-19(27)28)11-13-12-26(31(29,30)25-9-4-5-10-25)17(16(13)21)14-7-6-8-23-18(14)22;1-18-9-11-10-21(24(22,23)20-7-2-3-8-20)14(13(11)16)12-5-4-6-19-15(12)17;/h6-8,12,15,24H,4-5,9-11H2,1-3H3,(H,27,28);4-6,10,18H,2-3,7-9H2,1H3;1H. The molecule has 0 aliphatic carbocycles. The van der Waals surface area contributed by atoms with Crippen LogP contribution in [0.2, 0.25) is 0 Å². The Bertz CT molecular complexity index is 2240. The molecular formula is C35H45ClF4N8O6S2. The van der Waals surface area contributed by atoms with E-state index in [0.717, 1.165) is 27.0 Å². The summed E-state index contributed by atoms with van der Waals surface area (Å²) in [6.45, 7) is 6.80. The third kappa shape index (κ3) is 9.37. The van der Waals surface area contributed by atoms with Gasteiger partial charge < -0.3 is 15.7 Å². The van der Waals surface area contributed by atoms with E-state index in [2.05, 4.69) is 20.6 Å². The summed E-state index contributed by atoms with van der Waals surface area (Å²) in [5.74, 6) is -3.60. The molecule has 0 radical (unpaired) electrons. The smallest absolute Gasteiger partial charge is 0.404 e. The van der Waals surface area contributed by atoms with Gasteiger partial charge in [0.25, 0.3) is 0 Å². The molecule has 2 aliphatic rings. The first-order valence-corrected chi connectivity index (χ1v) is 20.4. The van der Waals surface area contributed by atoms with Crippen LogP contribution in [0, 0.1) is 28.9 Å². The van der Waals surface area contributed by atoms with Crippen LogP contribution in [0.5, 0.6) is 0 Å². The largest absolute Gasteiger partial charge is 0.465 e. The van der Waals surface area contributed by atoms with E-state index in [1.54, 1.807) is 27.8 Å². The Kier molecular flexibility index (Phi) is 14.4. The maximum Gasteiger partial charge on any atom is 0.404 e. The zero-order valence-electron chi connectivity index (χ0n) is 31.2. The van der Waals surface area contributed by atoms with Crippen molar-refractivity contribution in [3.05, 3.63) is 83.7 Å². The van der Waals surface area contributed by atoms with E-state index in [9.17, 15) is 39.9 Å². The summed E-state index contributed by atoms with van der Waals surface area (Å²) in [4.78, 5) is 18.3. The van der Waals surface area contributed by atoms with Crippen LogP contribution in [-0.2, 0) is 33.4 Å². The van der Waals surface area contributed by atoms with Gasteiger partial charge in [0, 0.05) is 74.7 Å². The monoisotopic (exact) mass is 848 g/mol. The molecule has 56 heavy (non-hydrogen) atoms. The molecule has 0 spiro atoms. The van der Waals surface area contributed by atoms with Crippen molar-refractivity contribution in [2.45, 2.75) is 65.5 Å². The van der Waals surface area contributed by atoms with Gasteiger partial charge in [-0.1, -0.05) is 20.8 Å². The van der Waals surface area contributed by atoms with Crippen LogP contribution in [0.4, 0.5) is 22.4 Å². The minimum absolute atomic E-state index is 0. The highest BCUT2D eigenvalue weighted by atomic mass is 35.5. The van der Waals surface area contributed by atoms with Crippen molar-refractivity contribution >= 4 is 38.9 Å². The van der Waals surface area contributed by atoms with Crippen molar-refractivity contribution in [1.82, 2.24) is 37.2 Å². The number of carboxylic acid groups (broad SMARTS) is 1. The minimum atomic E-state index is -4.15. The van der Waals surface area contributed by atoms with E-state index in [1.165, 1.54) is 51.5 Å². The Morgan fingerprint density at radius 2 is 1.20 bits per heavy atom. The highest BCUT2D eigenvalue weighted by Crippen LogP contribution is 2.34. The number of nitrogens with one attached hydrogen (secondary N) is 2. The maximum atomic E-state index is 15.6. The topological polar surface area (TPSA) is 172 Å². The van der Waals surface area contributed by atoms with Crippen molar-refractivity contribution in [1.29, 1.82) is 0 Å². The van der Waals surface area contributed by atoms with Gasteiger partial charge >= 0.3 is 26.5 Å². The van der Waals surface area contributed by atoms with Gasteiger partial charge in [-0.2, -0.15) is 34.2 Å². The van der Waals surface area contributed by atoms with Gasteiger partial charge in [-0.3, -0.25) is 0 Å². The Hall–Kier alpha value is -4.08. The number of carbonyl (C=O) groups is 1. The second-order valence-corrected chi connectivity index (χ2v) is 17.9. The summed E-state index contributed by atoms with van der Waals surface area (Å²) in [5.41, 5.74) is -1.70. The van der Waals surface area contributed by atoms with Crippen LogP contribution < -0.4 is 10.6 Å². The van der Waals surface area contributed by atoms with Gasteiger partial charge in [0.05, 0.1) is 11.1 Å². The molecule has 4 aromatic heterocycles. The molecule has 1 amide bonds. The Morgan fingerprint density at radius 1 is 0.786 bits per heavy atom. The molecule has 1 unspecified atom stereocenters. The summed E-state index contributed by atoms with van der Waals surface area (Å²) in [6, 6.07) is 4.70. The van der Waals surface area contributed by atoms with Crippen LogP contribution in [0.25, 0.3) is 22.5 Å². The molecule has 6 rings (SSSR count). The van der Waals surface area contributed by atoms with E-state index >= 15 is 4.39 Å². The summed E-state index contributed by atoms with van der Waals surface area (Å²) in [5, 5.41) is 14.3. The lowest BCUT2D eigenvalue weighted by atomic mass is 9.83. The zero-order chi connectivity index (χ0) is 40.3. The number of hydrogen-bond acceptors (Lipinski definition) is 8. The van der Waals surface area contributed by atoms with E-state index in [4.69, 9.17) is 0 Å². The Morgan fingerprint density at radius 3 is 1.57 bits per heavy atom. The van der Waals surface area contributed by atoms with E-state index < -0.39 is 67.2 Å². The number of aromatic nitrogens is 4. The van der Waals surface area contributed by atoms with Crippen LogP contribution >= 0.6 is 12.4 Å².